The first kappa shape index (κ1) is 26.3. The van der Waals surface area contributed by atoms with E-state index < -0.39 is 0 Å². The fraction of sp³-hybridized carbons (Fsp3) is 0.222. The molecule has 2 heteroatoms. The molecule has 0 atom stereocenters. The van der Waals surface area contributed by atoms with Crippen LogP contribution in [0.3, 0.4) is 0 Å². The molecule has 0 bridgehead atoms. The van der Waals surface area contributed by atoms with E-state index in [2.05, 4.69) is 120 Å². The first-order valence-electron chi connectivity index (χ1n) is 13.7. The molecule has 0 amide bonds. The monoisotopic (exact) mass is 510 g/mol. The number of nitrogens with two attached hydrogens (primary N) is 1. The molecule has 0 saturated heterocycles. The van der Waals surface area contributed by atoms with Gasteiger partial charge in [0, 0.05) is 11.3 Å². The van der Waals surface area contributed by atoms with Gasteiger partial charge in [-0.1, -0.05) is 73.5 Å². The van der Waals surface area contributed by atoms with E-state index in [9.17, 15) is 0 Å². The molecule has 1 heterocycles. The summed E-state index contributed by atoms with van der Waals surface area (Å²) in [7, 11) is 0. The fourth-order valence-electron chi connectivity index (χ4n) is 5.74. The first-order chi connectivity index (χ1) is 18.3. The average molecular weight is 511 g/mol. The van der Waals surface area contributed by atoms with Crippen molar-refractivity contribution in [2.45, 2.75) is 54.4 Å². The van der Waals surface area contributed by atoms with Crippen LogP contribution in [0.4, 0.5) is 5.69 Å². The molecule has 2 N–H and O–H groups in total. The zero-order valence-electron chi connectivity index (χ0n) is 23.6. The quantitative estimate of drug-likeness (QED) is 0.203. The van der Waals surface area contributed by atoms with Crippen LogP contribution in [0.1, 0.15) is 54.5 Å². The predicted molar refractivity (Wildman–Crippen MR) is 168 cm³/mol. The number of benzene rings is 4. The maximum atomic E-state index is 6.50. The lowest BCUT2D eigenvalue weighted by Gasteiger charge is -2.16. The van der Waals surface area contributed by atoms with E-state index in [-0.39, 0.29) is 15.2 Å². The molecular weight excluding hydrogens is 473 g/mol. The summed E-state index contributed by atoms with van der Waals surface area (Å²) < 4.78 is 3.21. The zero-order chi connectivity index (χ0) is 27.0. The Balaban J connectivity index is 1.62. The molecule has 0 fully saturated rings. The Bertz CT molecular complexity index is 1600. The predicted octanol–water partition coefficient (Wildman–Crippen LogP) is 8.93. The lowest BCUT2D eigenvalue weighted by atomic mass is 9.89. The Labute approximate surface area is 234 Å². The Morgan fingerprint density at radius 2 is 1.32 bits per heavy atom. The maximum absolute atomic E-state index is 6.50. The van der Waals surface area contributed by atoms with Crippen molar-refractivity contribution in [2.24, 2.45) is 0 Å². The minimum Gasteiger partial charge on any atom is -0.398 e. The van der Waals surface area contributed by atoms with Gasteiger partial charge in [-0.3, -0.25) is 0 Å². The molecule has 1 aliphatic heterocycles. The van der Waals surface area contributed by atoms with Gasteiger partial charge in [-0.15, -0.1) is 8.86 Å². The van der Waals surface area contributed by atoms with Crippen LogP contribution < -0.4 is 10.2 Å². The minimum atomic E-state index is 0.207. The summed E-state index contributed by atoms with van der Waals surface area (Å²) in [5.74, 6) is 0. The molecule has 0 unspecified atom stereocenters. The van der Waals surface area contributed by atoms with Crippen molar-refractivity contribution in [2.75, 3.05) is 5.73 Å². The van der Waals surface area contributed by atoms with Crippen LogP contribution in [0.5, 0.6) is 0 Å². The van der Waals surface area contributed by atoms with Gasteiger partial charge in [0.15, 0.2) is 0 Å². The minimum absolute atomic E-state index is 0.207. The molecule has 0 saturated carbocycles. The van der Waals surface area contributed by atoms with Crippen molar-refractivity contribution in [1.82, 2.24) is 0 Å². The molecule has 1 aliphatic rings. The highest BCUT2D eigenvalue weighted by Gasteiger charge is 2.23. The number of aryl methyl sites for hydroxylation is 4. The van der Waals surface area contributed by atoms with Crippen molar-refractivity contribution >= 4 is 30.9 Å². The molecule has 38 heavy (non-hydrogen) atoms. The highest BCUT2D eigenvalue weighted by Crippen LogP contribution is 2.38. The third-order valence-electron chi connectivity index (χ3n) is 7.81. The Kier molecular flexibility index (Phi) is 7.49. The molecule has 1 radical (unpaired) electrons. The standard InChI is InChI=1S/C36H37N.Al/c1-7-9-11-28(10-8-2)29-16-14-26(5)33(21-29)34-22-30(17-15-27(34)6)31-18-19-36(37)35(23-31)32-20-24(3)12-13-25(32)4;/h8,10,12-15,17-23H,7,9,37H2,1-6H3;/b10-8-,28-11?;. The summed E-state index contributed by atoms with van der Waals surface area (Å²) in [5.41, 5.74) is 22.8. The lowest BCUT2D eigenvalue weighted by Crippen LogP contribution is -2.15. The third kappa shape index (κ3) is 4.92. The van der Waals surface area contributed by atoms with E-state index in [1.165, 1.54) is 74.0 Å². The van der Waals surface area contributed by atoms with Crippen LogP contribution >= 0.6 is 0 Å². The van der Waals surface area contributed by atoms with Gasteiger partial charge < -0.3 is 5.73 Å². The molecule has 4 aromatic carbocycles. The lowest BCUT2D eigenvalue weighted by molar-refractivity contribution is 0.946. The highest BCUT2D eigenvalue weighted by molar-refractivity contribution is 6.66. The van der Waals surface area contributed by atoms with Gasteiger partial charge in [0.2, 0.25) is 0 Å². The number of rotatable bonds is 6. The van der Waals surface area contributed by atoms with Gasteiger partial charge in [-0.2, -0.15) is 0 Å². The SMILES string of the molecule is C/C=C\C1=[C](CCC)[Al][c]2cc(C)c(-c3cc(-c4ccc(N)c(-c5cc(C)ccc5C)c4)ccc3C)cc21. The van der Waals surface area contributed by atoms with Crippen molar-refractivity contribution < 1.29 is 0 Å². The second kappa shape index (κ2) is 10.8. The number of anilines is 1. The summed E-state index contributed by atoms with van der Waals surface area (Å²) in [4.78, 5) is 0. The van der Waals surface area contributed by atoms with Crippen LogP contribution in [-0.4, -0.2) is 15.2 Å². The second-order valence-corrected chi connectivity index (χ2v) is 12.3. The number of nitrogen functional groups attached to an aromatic ring is 1. The molecule has 0 spiro atoms. The number of fused-ring (bicyclic) bond motifs is 1. The van der Waals surface area contributed by atoms with E-state index in [0.29, 0.717) is 0 Å². The second-order valence-electron chi connectivity index (χ2n) is 10.7. The summed E-state index contributed by atoms with van der Waals surface area (Å²) in [6, 6.07) is 24.9. The number of allylic oxidation sites excluding steroid dienone is 4. The van der Waals surface area contributed by atoms with Gasteiger partial charge in [0.25, 0.3) is 15.2 Å². The average Bonchev–Trinajstić information content (AvgIpc) is 3.22. The molecule has 189 valence electrons. The Morgan fingerprint density at radius 1 is 0.684 bits per heavy atom. The van der Waals surface area contributed by atoms with E-state index in [0.717, 1.165) is 11.3 Å². The van der Waals surface area contributed by atoms with Gasteiger partial charge in [-0.25, -0.2) is 0 Å². The Hall–Kier alpha value is -3.31. The fourth-order valence-corrected chi connectivity index (χ4v) is 7.68. The Morgan fingerprint density at radius 3 is 2.03 bits per heavy atom. The van der Waals surface area contributed by atoms with E-state index in [1.54, 1.807) is 8.86 Å². The molecule has 4 aromatic rings. The van der Waals surface area contributed by atoms with Crippen molar-refractivity contribution in [1.29, 1.82) is 0 Å². The van der Waals surface area contributed by atoms with Gasteiger partial charge >= 0.3 is 0 Å². The molecular formula is C36H37AlN. The van der Waals surface area contributed by atoms with Gasteiger partial charge in [0.05, 0.1) is 0 Å². The zero-order valence-corrected chi connectivity index (χ0v) is 24.7. The number of hydrogen-bond acceptors (Lipinski definition) is 1. The summed E-state index contributed by atoms with van der Waals surface area (Å²) in [5, 5.41) is 0. The van der Waals surface area contributed by atoms with Crippen LogP contribution in [0.15, 0.2) is 83.3 Å². The third-order valence-corrected chi connectivity index (χ3v) is 9.55. The maximum Gasteiger partial charge on any atom is 0.293 e. The van der Waals surface area contributed by atoms with Crippen LogP contribution in [0.25, 0.3) is 39.0 Å². The summed E-state index contributed by atoms with van der Waals surface area (Å²) in [6.45, 7) is 13.2. The van der Waals surface area contributed by atoms with E-state index >= 15 is 0 Å². The van der Waals surface area contributed by atoms with E-state index in [4.69, 9.17) is 5.73 Å². The molecule has 1 nitrogen and oxygen atoms in total. The van der Waals surface area contributed by atoms with Crippen LogP contribution in [-0.2, 0) is 0 Å². The van der Waals surface area contributed by atoms with Crippen LogP contribution in [0.2, 0.25) is 0 Å². The number of hydrogen-bond donors (Lipinski definition) is 1. The largest absolute Gasteiger partial charge is 0.398 e. The topological polar surface area (TPSA) is 26.0 Å². The molecule has 0 aromatic heterocycles. The first-order valence-corrected chi connectivity index (χ1v) is 14.9. The van der Waals surface area contributed by atoms with Gasteiger partial charge in [0.1, 0.15) is 0 Å². The van der Waals surface area contributed by atoms with Crippen molar-refractivity contribution in [3.05, 3.63) is 111 Å². The smallest absolute Gasteiger partial charge is 0.293 e. The normalized spacial score (nSPS) is 12.8. The highest BCUT2D eigenvalue weighted by atomic mass is 27.1. The van der Waals surface area contributed by atoms with Gasteiger partial charge in [-0.05, 0) is 121 Å². The molecule has 0 aliphatic carbocycles. The van der Waals surface area contributed by atoms with Crippen molar-refractivity contribution in [3.63, 3.8) is 0 Å². The van der Waals surface area contributed by atoms with E-state index in [1.807, 2.05) is 0 Å². The summed E-state index contributed by atoms with van der Waals surface area (Å²) >= 11 is 0.207. The molecule has 5 rings (SSSR count). The van der Waals surface area contributed by atoms with Crippen molar-refractivity contribution in [3.8, 4) is 33.4 Å². The van der Waals surface area contributed by atoms with Crippen LogP contribution in [0, 0.1) is 27.7 Å². The summed E-state index contributed by atoms with van der Waals surface area (Å²) in [6.07, 6.45) is 6.93.